The molecule has 1 heterocycles. The molecule has 0 saturated heterocycles. The van der Waals surface area contributed by atoms with Gasteiger partial charge in [0.05, 0.1) is 0 Å². The third-order valence-electron chi connectivity index (χ3n) is 6.25. The molecule has 0 N–H and O–H groups in total. The molecule has 5 aromatic carbocycles. The van der Waals surface area contributed by atoms with Gasteiger partial charge in [-0.15, -0.1) is 0 Å². The zero-order valence-electron chi connectivity index (χ0n) is 17.3. The number of fused-ring (bicyclic) bond motifs is 4. The molecule has 0 radical (unpaired) electrons. The first-order valence-electron chi connectivity index (χ1n) is 10.7. The van der Waals surface area contributed by atoms with Crippen molar-refractivity contribution in [2.45, 2.75) is 6.92 Å². The Labute approximate surface area is 181 Å². The second-order valence-electron chi connectivity index (χ2n) is 8.04. The topological polar surface area (TPSA) is 12.9 Å². The van der Waals surface area contributed by atoms with Gasteiger partial charge in [-0.3, -0.25) is 4.98 Å². The molecular formula is C30H21N. The molecular weight excluding hydrogens is 374 g/mol. The summed E-state index contributed by atoms with van der Waals surface area (Å²) in [6.07, 6.45) is 1.87. The van der Waals surface area contributed by atoms with Crippen LogP contribution in [0.3, 0.4) is 0 Å². The van der Waals surface area contributed by atoms with Crippen molar-refractivity contribution in [3.8, 4) is 22.3 Å². The van der Waals surface area contributed by atoms with Crippen molar-refractivity contribution in [2.24, 2.45) is 0 Å². The lowest BCUT2D eigenvalue weighted by Crippen LogP contribution is -1.94. The molecule has 0 saturated carbocycles. The van der Waals surface area contributed by atoms with Crippen molar-refractivity contribution < 1.29 is 0 Å². The van der Waals surface area contributed by atoms with E-state index in [1.165, 1.54) is 54.6 Å². The summed E-state index contributed by atoms with van der Waals surface area (Å²) in [7, 11) is 0. The van der Waals surface area contributed by atoms with E-state index < -0.39 is 0 Å². The first kappa shape index (κ1) is 17.9. The highest BCUT2D eigenvalue weighted by Gasteiger charge is 2.18. The molecule has 1 heteroatoms. The molecule has 0 aliphatic carbocycles. The zero-order valence-corrected chi connectivity index (χ0v) is 17.3. The van der Waals surface area contributed by atoms with E-state index in [0.717, 1.165) is 5.69 Å². The highest BCUT2D eigenvalue weighted by Crippen LogP contribution is 2.45. The predicted octanol–water partition coefficient (Wildman–Crippen LogP) is 8.18. The number of pyridine rings is 1. The van der Waals surface area contributed by atoms with Gasteiger partial charge in [-0.05, 0) is 68.1 Å². The highest BCUT2D eigenvalue weighted by atomic mass is 14.7. The van der Waals surface area contributed by atoms with Crippen LogP contribution >= 0.6 is 0 Å². The maximum atomic E-state index is 4.63. The molecule has 0 atom stereocenters. The minimum atomic E-state index is 1.05. The number of hydrogen-bond donors (Lipinski definition) is 0. The van der Waals surface area contributed by atoms with E-state index in [9.17, 15) is 0 Å². The van der Waals surface area contributed by atoms with Crippen LogP contribution < -0.4 is 0 Å². The van der Waals surface area contributed by atoms with E-state index in [2.05, 4.69) is 109 Å². The van der Waals surface area contributed by atoms with E-state index >= 15 is 0 Å². The molecule has 0 amide bonds. The fourth-order valence-electron chi connectivity index (χ4n) is 4.81. The minimum absolute atomic E-state index is 1.05. The van der Waals surface area contributed by atoms with Gasteiger partial charge in [0.2, 0.25) is 0 Å². The number of hydrogen-bond acceptors (Lipinski definition) is 1. The molecule has 146 valence electrons. The Morgan fingerprint density at radius 3 is 1.84 bits per heavy atom. The summed E-state index contributed by atoms with van der Waals surface area (Å²) in [6, 6.07) is 37.1. The number of nitrogens with zero attached hydrogens (tertiary/aromatic N) is 1. The highest BCUT2D eigenvalue weighted by molar-refractivity contribution is 6.22. The number of benzene rings is 5. The minimum Gasteiger partial charge on any atom is -0.261 e. The maximum absolute atomic E-state index is 4.63. The number of rotatable bonds is 2. The summed E-state index contributed by atoms with van der Waals surface area (Å²) in [4.78, 5) is 4.63. The number of aryl methyl sites for hydroxylation is 1. The molecule has 31 heavy (non-hydrogen) atoms. The van der Waals surface area contributed by atoms with Crippen LogP contribution in [0.25, 0.3) is 54.6 Å². The Balaban J connectivity index is 1.85. The third-order valence-corrected chi connectivity index (χ3v) is 6.25. The molecule has 1 nitrogen and oxygen atoms in total. The smallest absolute Gasteiger partial charge is 0.0451 e. The van der Waals surface area contributed by atoms with Crippen LogP contribution in [0.15, 0.2) is 109 Å². The zero-order chi connectivity index (χ0) is 20.8. The summed E-state index contributed by atoms with van der Waals surface area (Å²) >= 11 is 0. The van der Waals surface area contributed by atoms with E-state index in [0.29, 0.717) is 0 Å². The third kappa shape index (κ3) is 2.82. The van der Waals surface area contributed by atoms with Gasteiger partial charge in [0.1, 0.15) is 0 Å². The van der Waals surface area contributed by atoms with Gasteiger partial charge in [-0.1, -0.05) is 91.0 Å². The predicted molar refractivity (Wildman–Crippen MR) is 132 cm³/mol. The van der Waals surface area contributed by atoms with Gasteiger partial charge in [0.25, 0.3) is 0 Å². The summed E-state index contributed by atoms with van der Waals surface area (Å²) in [5.74, 6) is 0. The van der Waals surface area contributed by atoms with Gasteiger partial charge >= 0.3 is 0 Å². The van der Waals surface area contributed by atoms with E-state index in [1.54, 1.807) is 0 Å². The van der Waals surface area contributed by atoms with E-state index in [4.69, 9.17) is 0 Å². The lowest BCUT2D eigenvalue weighted by atomic mass is 9.84. The largest absolute Gasteiger partial charge is 0.261 e. The first-order chi connectivity index (χ1) is 15.3. The summed E-state index contributed by atoms with van der Waals surface area (Å²) in [5.41, 5.74) is 6.00. The van der Waals surface area contributed by atoms with Crippen molar-refractivity contribution >= 4 is 32.3 Å². The molecule has 6 aromatic rings. The van der Waals surface area contributed by atoms with Gasteiger partial charge in [0, 0.05) is 17.5 Å². The van der Waals surface area contributed by atoms with Crippen molar-refractivity contribution in [1.29, 1.82) is 0 Å². The van der Waals surface area contributed by atoms with E-state index in [1.807, 2.05) is 12.3 Å². The van der Waals surface area contributed by atoms with Crippen LogP contribution in [0.1, 0.15) is 5.69 Å². The van der Waals surface area contributed by atoms with Gasteiger partial charge in [-0.2, -0.15) is 0 Å². The summed E-state index contributed by atoms with van der Waals surface area (Å²) < 4.78 is 0. The fraction of sp³-hybridized carbons (Fsp3) is 0.0333. The monoisotopic (exact) mass is 395 g/mol. The van der Waals surface area contributed by atoms with Crippen LogP contribution in [0.2, 0.25) is 0 Å². The Hall–Kier alpha value is -3.97. The average molecular weight is 396 g/mol. The van der Waals surface area contributed by atoms with Crippen molar-refractivity contribution in [1.82, 2.24) is 4.98 Å². The van der Waals surface area contributed by atoms with Crippen LogP contribution in [0.5, 0.6) is 0 Å². The van der Waals surface area contributed by atoms with Crippen LogP contribution in [0.4, 0.5) is 0 Å². The normalized spacial score (nSPS) is 11.4. The Bertz CT molecular complexity index is 1590. The van der Waals surface area contributed by atoms with E-state index in [-0.39, 0.29) is 0 Å². The molecule has 0 aliphatic heterocycles. The molecule has 6 rings (SSSR count). The molecule has 0 bridgehead atoms. The second kappa shape index (κ2) is 7.07. The van der Waals surface area contributed by atoms with Crippen LogP contribution in [-0.4, -0.2) is 4.98 Å². The summed E-state index contributed by atoms with van der Waals surface area (Å²) in [6.45, 7) is 2.10. The van der Waals surface area contributed by atoms with Crippen LogP contribution in [0, 0.1) is 6.92 Å². The lowest BCUT2D eigenvalue weighted by Gasteiger charge is -2.19. The first-order valence-corrected chi connectivity index (χ1v) is 10.7. The lowest BCUT2D eigenvalue weighted by molar-refractivity contribution is 1.21. The molecule has 0 fully saturated rings. The van der Waals surface area contributed by atoms with Gasteiger partial charge in [0.15, 0.2) is 0 Å². The number of aromatic nitrogens is 1. The summed E-state index contributed by atoms with van der Waals surface area (Å²) in [5, 5.41) is 7.61. The molecule has 0 spiro atoms. The molecule has 0 aliphatic rings. The van der Waals surface area contributed by atoms with Crippen LogP contribution in [-0.2, 0) is 0 Å². The SMILES string of the molecule is Cc1ncccc1-c1c(-c2ccc3ccccc3c2)c2ccccc2c2ccccc12. The van der Waals surface area contributed by atoms with Gasteiger partial charge < -0.3 is 0 Å². The van der Waals surface area contributed by atoms with Crippen molar-refractivity contribution in [3.05, 3.63) is 115 Å². The quantitative estimate of drug-likeness (QED) is 0.269. The van der Waals surface area contributed by atoms with Crippen molar-refractivity contribution in [3.63, 3.8) is 0 Å². The Morgan fingerprint density at radius 1 is 0.516 bits per heavy atom. The van der Waals surface area contributed by atoms with Gasteiger partial charge in [-0.25, -0.2) is 0 Å². The van der Waals surface area contributed by atoms with Crippen molar-refractivity contribution in [2.75, 3.05) is 0 Å². The average Bonchev–Trinajstić information content (AvgIpc) is 2.83. The second-order valence-corrected chi connectivity index (χ2v) is 8.04. The Kier molecular flexibility index (Phi) is 4.07. The maximum Gasteiger partial charge on any atom is 0.0451 e. The fourth-order valence-corrected chi connectivity index (χ4v) is 4.81. The molecule has 1 aromatic heterocycles. The molecule has 0 unspecified atom stereocenters. The Morgan fingerprint density at radius 2 is 1.13 bits per heavy atom. The standard InChI is InChI=1S/C30H21N/c1-20-24(15-8-18-31-20)30-28-14-7-5-12-26(28)25-11-4-6-13-27(25)29(30)23-17-16-21-9-2-3-10-22(21)19-23/h2-19H,1H3.